The Labute approximate surface area is 126 Å². The van der Waals surface area contributed by atoms with Crippen LogP contribution in [0.1, 0.15) is 53.4 Å². The minimum atomic E-state index is 0.369. The summed E-state index contributed by atoms with van der Waals surface area (Å²) in [4.78, 5) is 0. The molecule has 1 aliphatic rings. The molecular weight excluding hydrogens is 260 g/mol. The summed E-state index contributed by atoms with van der Waals surface area (Å²) in [6.45, 7) is 3.90. The lowest BCUT2D eigenvalue weighted by atomic mass is 9.83. The number of rotatable bonds is 2. The molecule has 0 bridgehead atoms. The van der Waals surface area contributed by atoms with E-state index in [-0.39, 0.29) is 0 Å². The molecule has 1 saturated carbocycles. The van der Waals surface area contributed by atoms with Gasteiger partial charge in [0.1, 0.15) is 11.5 Å². The largest absolute Gasteiger partial charge is 0.508 e. The van der Waals surface area contributed by atoms with Gasteiger partial charge in [0, 0.05) is 0 Å². The van der Waals surface area contributed by atoms with Crippen molar-refractivity contribution in [1.82, 2.24) is 0 Å². The van der Waals surface area contributed by atoms with Crippen molar-refractivity contribution in [2.45, 2.75) is 44.9 Å². The molecule has 2 aromatic rings. The van der Waals surface area contributed by atoms with Crippen LogP contribution in [0.5, 0.6) is 11.5 Å². The van der Waals surface area contributed by atoms with E-state index < -0.39 is 0 Å². The summed E-state index contributed by atoms with van der Waals surface area (Å²) in [7, 11) is 0. The van der Waals surface area contributed by atoms with Crippen molar-refractivity contribution in [3.63, 3.8) is 0 Å². The van der Waals surface area contributed by atoms with Gasteiger partial charge in [0.25, 0.3) is 0 Å². The maximum absolute atomic E-state index is 9.71. The normalized spacial score (nSPS) is 21.6. The number of aromatic hydroxyl groups is 2. The predicted octanol–water partition coefficient (Wildman–Crippen LogP) is 4.77. The fourth-order valence-corrected chi connectivity index (χ4v) is 3.58. The van der Waals surface area contributed by atoms with Gasteiger partial charge in [0.2, 0.25) is 0 Å². The van der Waals surface area contributed by atoms with E-state index in [4.69, 9.17) is 0 Å². The van der Waals surface area contributed by atoms with Gasteiger partial charge in [-0.15, -0.1) is 0 Å². The average Bonchev–Trinajstić information content (AvgIpc) is 2.94. The molecule has 0 aromatic heterocycles. The van der Waals surface area contributed by atoms with Gasteiger partial charge >= 0.3 is 0 Å². The summed E-state index contributed by atoms with van der Waals surface area (Å²) in [5.41, 5.74) is 4.53. The van der Waals surface area contributed by atoms with Crippen LogP contribution in [0.4, 0.5) is 0 Å². The van der Waals surface area contributed by atoms with E-state index in [2.05, 4.69) is 24.3 Å². The zero-order chi connectivity index (χ0) is 15.0. The Kier molecular flexibility index (Phi) is 3.62. The second-order valence-corrected chi connectivity index (χ2v) is 6.24. The van der Waals surface area contributed by atoms with Crippen molar-refractivity contribution in [3.8, 4) is 11.5 Å². The topological polar surface area (TPSA) is 40.5 Å². The number of hydrogen-bond donors (Lipinski definition) is 2. The van der Waals surface area contributed by atoms with Crippen molar-refractivity contribution in [2.24, 2.45) is 0 Å². The lowest BCUT2D eigenvalue weighted by Crippen LogP contribution is -2.05. The zero-order valence-corrected chi connectivity index (χ0v) is 12.6. The van der Waals surface area contributed by atoms with E-state index in [1.165, 1.54) is 30.4 Å². The summed E-state index contributed by atoms with van der Waals surface area (Å²) in [6, 6.07) is 12.0. The molecule has 1 fully saturated rings. The molecule has 2 atom stereocenters. The molecule has 0 amide bonds. The highest BCUT2D eigenvalue weighted by atomic mass is 16.3. The molecule has 110 valence electrons. The molecule has 0 spiro atoms. The number of phenolic OH excluding ortho intramolecular Hbond substituents is 2. The Bertz CT molecular complexity index is 603. The lowest BCUT2D eigenvalue weighted by molar-refractivity contribution is 0.469. The van der Waals surface area contributed by atoms with E-state index in [1.807, 2.05) is 26.0 Å². The molecule has 2 nitrogen and oxygen atoms in total. The highest BCUT2D eigenvalue weighted by molar-refractivity contribution is 5.41. The molecule has 0 heterocycles. The highest BCUT2D eigenvalue weighted by Gasteiger charge is 2.30. The van der Waals surface area contributed by atoms with Gasteiger partial charge in [-0.05, 0) is 72.9 Å². The van der Waals surface area contributed by atoms with Crippen molar-refractivity contribution in [2.75, 3.05) is 0 Å². The van der Waals surface area contributed by atoms with Crippen LogP contribution in [0.15, 0.2) is 36.4 Å². The number of phenols is 2. The molecule has 21 heavy (non-hydrogen) atoms. The van der Waals surface area contributed by atoms with Gasteiger partial charge in [-0.3, -0.25) is 0 Å². The van der Waals surface area contributed by atoms with Crippen molar-refractivity contribution < 1.29 is 10.2 Å². The molecule has 0 radical (unpaired) electrons. The molecule has 0 saturated heterocycles. The SMILES string of the molecule is Cc1cc(C2CCCC2c2ccc(O)c(C)c2)ccc1O. The van der Waals surface area contributed by atoms with Crippen LogP contribution in [0, 0.1) is 13.8 Å². The van der Waals surface area contributed by atoms with Crippen LogP contribution in [0.3, 0.4) is 0 Å². The maximum Gasteiger partial charge on any atom is 0.118 e. The van der Waals surface area contributed by atoms with Crippen LogP contribution < -0.4 is 0 Å². The van der Waals surface area contributed by atoms with Gasteiger partial charge < -0.3 is 10.2 Å². The van der Waals surface area contributed by atoms with Crippen molar-refractivity contribution >= 4 is 0 Å². The molecular formula is C19H22O2. The summed E-state index contributed by atoms with van der Waals surface area (Å²) in [5, 5.41) is 19.4. The monoisotopic (exact) mass is 282 g/mol. The predicted molar refractivity (Wildman–Crippen MR) is 85.0 cm³/mol. The number of hydrogen-bond acceptors (Lipinski definition) is 2. The first-order chi connectivity index (χ1) is 10.1. The van der Waals surface area contributed by atoms with Crippen molar-refractivity contribution in [3.05, 3.63) is 58.7 Å². The van der Waals surface area contributed by atoms with E-state index >= 15 is 0 Å². The third-order valence-corrected chi connectivity index (χ3v) is 4.81. The summed E-state index contributed by atoms with van der Waals surface area (Å²) in [6.07, 6.45) is 3.61. The maximum atomic E-state index is 9.71. The van der Waals surface area contributed by atoms with E-state index in [0.717, 1.165) is 11.1 Å². The van der Waals surface area contributed by atoms with Gasteiger partial charge in [0.15, 0.2) is 0 Å². The Morgan fingerprint density at radius 2 is 1.19 bits per heavy atom. The number of aryl methyl sites for hydroxylation is 2. The molecule has 3 rings (SSSR count). The third kappa shape index (κ3) is 2.63. The Morgan fingerprint density at radius 3 is 1.57 bits per heavy atom. The van der Waals surface area contributed by atoms with Crippen molar-refractivity contribution in [1.29, 1.82) is 0 Å². The first kappa shape index (κ1) is 14.0. The Morgan fingerprint density at radius 1 is 0.762 bits per heavy atom. The first-order valence-corrected chi connectivity index (χ1v) is 7.65. The van der Waals surface area contributed by atoms with Gasteiger partial charge in [-0.2, -0.15) is 0 Å². The summed E-state index contributed by atoms with van der Waals surface area (Å²) in [5.74, 6) is 1.75. The fraction of sp³-hybridized carbons (Fsp3) is 0.368. The average molecular weight is 282 g/mol. The van der Waals surface area contributed by atoms with E-state index in [0.29, 0.717) is 23.3 Å². The van der Waals surface area contributed by atoms with Crippen LogP contribution in [-0.2, 0) is 0 Å². The quantitative estimate of drug-likeness (QED) is 0.833. The van der Waals surface area contributed by atoms with Gasteiger partial charge in [-0.25, -0.2) is 0 Å². The molecule has 0 aliphatic heterocycles. The zero-order valence-electron chi connectivity index (χ0n) is 12.6. The Hall–Kier alpha value is -1.96. The minimum absolute atomic E-state index is 0.369. The molecule has 1 aliphatic carbocycles. The van der Waals surface area contributed by atoms with Gasteiger partial charge in [0.05, 0.1) is 0 Å². The second kappa shape index (κ2) is 5.44. The Balaban J connectivity index is 1.94. The van der Waals surface area contributed by atoms with Crippen LogP contribution in [-0.4, -0.2) is 10.2 Å². The molecule has 2 N–H and O–H groups in total. The van der Waals surface area contributed by atoms with Crippen LogP contribution in [0.25, 0.3) is 0 Å². The van der Waals surface area contributed by atoms with E-state index in [1.54, 1.807) is 0 Å². The van der Waals surface area contributed by atoms with Crippen LogP contribution in [0.2, 0.25) is 0 Å². The smallest absolute Gasteiger partial charge is 0.118 e. The molecule has 2 aromatic carbocycles. The third-order valence-electron chi connectivity index (χ3n) is 4.81. The molecule has 2 unspecified atom stereocenters. The number of benzene rings is 2. The van der Waals surface area contributed by atoms with E-state index in [9.17, 15) is 10.2 Å². The standard InChI is InChI=1S/C19H22O2/c1-12-10-14(6-8-18(12)20)16-4-3-5-17(16)15-7-9-19(21)13(2)11-15/h6-11,16-17,20-21H,3-5H2,1-2H3. The second-order valence-electron chi connectivity index (χ2n) is 6.24. The van der Waals surface area contributed by atoms with Crippen LogP contribution >= 0.6 is 0 Å². The lowest BCUT2D eigenvalue weighted by Gasteiger charge is -2.22. The summed E-state index contributed by atoms with van der Waals surface area (Å²) < 4.78 is 0. The fourth-order valence-electron chi connectivity index (χ4n) is 3.58. The summed E-state index contributed by atoms with van der Waals surface area (Å²) >= 11 is 0. The first-order valence-electron chi connectivity index (χ1n) is 7.65. The van der Waals surface area contributed by atoms with Gasteiger partial charge in [-0.1, -0.05) is 30.7 Å². The molecule has 2 heteroatoms. The minimum Gasteiger partial charge on any atom is -0.508 e. The highest BCUT2D eigenvalue weighted by Crippen LogP contribution is 2.46.